The van der Waals surface area contributed by atoms with Crippen molar-refractivity contribution in [3.05, 3.63) is 22.5 Å². The van der Waals surface area contributed by atoms with Crippen LogP contribution >= 0.6 is 0 Å². The van der Waals surface area contributed by atoms with Crippen molar-refractivity contribution in [2.24, 2.45) is 5.11 Å². The third kappa shape index (κ3) is 3.24. The zero-order valence-corrected chi connectivity index (χ0v) is 7.47. The minimum Gasteiger partial charge on any atom is -0.494 e. The van der Waals surface area contributed by atoms with E-state index in [0.717, 1.165) is 0 Å². The van der Waals surface area contributed by atoms with E-state index in [1.165, 1.54) is 6.26 Å². The van der Waals surface area contributed by atoms with Crippen molar-refractivity contribution in [1.29, 1.82) is 0 Å². The van der Waals surface area contributed by atoms with Crippen LogP contribution in [0.1, 0.15) is 0 Å². The highest BCUT2D eigenvalue weighted by atomic mass is 16.6. The summed E-state index contributed by atoms with van der Waals surface area (Å²) in [5.41, 5.74) is 7.97. The maximum atomic E-state index is 11.2. The van der Waals surface area contributed by atoms with Gasteiger partial charge in [-0.2, -0.15) is 0 Å². The lowest BCUT2D eigenvalue weighted by atomic mass is 10.4. The first-order valence-electron chi connectivity index (χ1n) is 4.08. The molecule has 1 aliphatic heterocycles. The number of carbonyl (C=O) groups is 1. The molecule has 0 atom stereocenters. The van der Waals surface area contributed by atoms with Gasteiger partial charge in [0.2, 0.25) is 5.76 Å². The minimum absolute atomic E-state index is 0.150. The van der Waals surface area contributed by atoms with Gasteiger partial charge in [-0.1, -0.05) is 5.11 Å². The van der Waals surface area contributed by atoms with Crippen LogP contribution in [0.15, 0.2) is 17.1 Å². The summed E-state index contributed by atoms with van der Waals surface area (Å²) in [6, 6.07) is 0. The van der Waals surface area contributed by atoms with Crippen LogP contribution in [0.5, 0.6) is 0 Å². The number of hydrogen-bond donors (Lipinski definition) is 1. The summed E-state index contributed by atoms with van der Waals surface area (Å²) in [7, 11) is 0. The van der Waals surface area contributed by atoms with E-state index in [9.17, 15) is 4.79 Å². The maximum Gasteiger partial charge on any atom is 0.289 e. The summed E-state index contributed by atoms with van der Waals surface area (Å²) in [5.74, 6) is -0.213. The second-order valence-electron chi connectivity index (χ2n) is 2.41. The van der Waals surface area contributed by atoms with Gasteiger partial charge >= 0.3 is 0 Å². The van der Waals surface area contributed by atoms with E-state index in [4.69, 9.17) is 15.0 Å². The van der Waals surface area contributed by atoms with Gasteiger partial charge in [-0.3, -0.25) is 4.79 Å². The molecule has 1 N–H and O–H groups in total. The Morgan fingerprint density at radius 1 is 1.71 bits per heavy atom. The van der Waals surface area contributed by atoms with Gasteiger partial charge in [0.05, 0.1) is 0 Å². The van der Waals surface area contributed by atoms with Gasteiger partial charge in [0.15, 0.2) is 0 Å². The monoisotopic (exact) mass is 198 g/mol. The standard InChI is InChI=1S/C7H10N4O3/c8-11-10-2-1-9-7(12)6-5-13-3-4-14-6/h5H,1-4H2,(H,9,12). The Bertz CT molecular complexity index is 283. The third-order valence-corrected chi connectivity index (χ3v) is 1.43. The zero-order valence-electron chi connectivity index (χ0n) is 7.47. The van der Waals surface area contributed by atoms with Gasteiger partial charge in [-0.15, -0.1) is 0 Å². The van der Waals surface area contributed by atoms with Crippen molar-refractivity contribution in [3.63, 3.8) is 0 Å². The molecule has 0 aliphatic carbocycles. The van der Waals surface area contributed by atoms with Gasteiger partial charge in [-0.25, -0.2) is 0 Å². The number of rotatable bonds is 4. The number of amides is 1. The van der Waals surface area contributed by atoms with Crippen LogP contribution in [0.2, 0.25) is 0 Å². The van der Waals surface area contributed by atoms with Crippen molar-refractivity contribution >= 4 is 5.91 Å². The normalized spacial score (nSPS) is 14.1. The van der Waals surface area contributed by atoms with E-state index in [1.807, 2.05) is 0 Å². The van der Waals surface area contributed by atoms with E-state index in [1.54, 1.807) is 0 Å². The van der Waals surface area contributed by atoms with E-state index in [0.29, 0.717) is 13.2 Å². The summed E-state index contributed by atoms with van der Waals surface area (Å²) >= 11 is 0. The number of nitrogens with zero attached hydrogens (tertiary/aromatic N) is 3. The molecule has 1 heterocycles. The zero-order chi connectivity index (χ0) is 10.2. The van der Waals surface area contributed by atoms with Crippen LogP contribution < -0.4 is 5.32 Å². The molecule has 14 heavy (non-hydrogen) atoms. The molecule has 0 fully saturated rings. The van der Waals surface area contributed by atoms with Crippen molar-refractivity contribution in [2.75, 3.05) is 26.3 Å². The lowest BCUT2D eigenvalue weighted by Crippen LogP contribution is -2.30. The number of carbonyl (C=O) groups excluding carboxylic acids is 1. The van der Waals surface area contributed by atoms with Gasteiger partial charge in [0, 0.05) is 18.0 Å². The second-order valence-corrected chi connectivity index (χ2v) is 2.41. The predicted octanol–water partition coefficient (Wildman–Crippen LogP) is 0.301. The highest BCUT2D eigenvalue weighted by Crippen LogP contribution is 2.03. The quantitative estimate of drug-likeness (QED) is 0.304. The molecule has 0 saturated carbocycles. The summed E-state index contributed by atoms with van der Waals surface area (Å²) in [6.07, 6.45) is 1.27. The molecule has 0 spiro atoms. The molecular formula is C7H10N4O3. The summed E-state index contributed by atoms with van der Waals surface area (Å²) in [6.45, 7) is 1.32. The van der Waals surface area contributed by atoms with Gasteiger partial charge < -0.3 is 14.8 Å². The molecule has 0 aromatic rings. The van der Waals surface area contributed by atoms with Gasteiger partial charge in [0.1, 0.15) is 19.5 Å². The first kappa shape index (κ1) is 10.2. The molecule has 1 amide bonds. The van der Waals surface area contributed by atoms with E-state index in [2.05, 4.69) is 15.3 Å². The van der Waals surface area contributed by atoms with Gasteiger partial charge in [-0.05, 0) is 5.53 Å². The highest BCUT2D eigenvalue weighted by Gasteiger charge is 2.13. The fourth-order valence-corrected chi connectivity index (χ4v) is 0.839. The average Bonchev–Trinajstić information content (AvgIpc) is 2.25. The number of ether oxygens (including phenoxy) is 2. The molecule has 1 aliphatic rings. The SMILES string of the molecule is [N-]=[N+]=NCCNC(=O)C1=COCCO1. The number of hydrogen-bond acceptors (Lipinski definition) is 4. The first-order valence-corrected chi connectivity index (χ1v) is 4.08. The summed E-state index contributed by atoms with van der Waals surface area (Å²) in [4.78, 5) is 13.8. The van der Waals surface area contributed by atoms with Crippen LogP contribution in [0, 0.1) is 0 Å². The Morgan fingerprint density at radius 3 is 3.21 bits per heavy atom. The maximum absolute atomic E-state index is 11.2. The molecule has 0 aromatic carbocycles. The lowest BCUT2D eigenvalue weighted by Gasteiger charge is -2.14. The Labute approximate surface area is 80.3 Å². The van der Waals surface area contributed by atoms with E-state index >= 15 is 0 Å². The smallest absolute Gasteiger partial charge is 0.289 e. The summed E-state index contributed by atoms with van der Waals surface area (Å²) in [5, 5.41) is 5.77. The molecule has 76 valence electrons. The molecule has 0 unspecified atom stereocenters. The largest absolute Gasteiger partial charge is 0.494 e. The molecule has 7 heteroatoms. The van der Waals surface area contributed by atoms with Crippen LogP contribution in [0.4, 0.5) is 0 Å². The van der Waals surface area contributed by atoms with Crippen LogP contribution in [0.25, 0.3) is 10.4 Å². The first-order chi connectivity index (χ1) is 6.84. The fraction of sp³-hybridized carbons (Fsp3) is 0.571. The van der Waals surface area contributed by atoms with Crippen molar-refractivity contribution in [2.45, 2.75) is 0 Å². The fourth-order valence-electron chi connectivity index (χ4n) is 0.839. The third-order valence-electron chi connectivity index (χ3n) is 1.43. The topological polar surface area (TPSA) is 96.3 Å². The predicted molar refractivity (Wildman–Crippen MR) is 47.0 cm³/mol. The Balaban J connectivity index is 2.26. The molecule has 0 bridgehead atoms. The van der Waals surface area contributed by atoms with Gasteiger partial charge in [0.25, 0.3) is 5.91 Å². The van der Waals surface area contributed by atoms with E-state index in [-0.39, 0.29) is 24.8 Å². The van der Waals surface area contributed by atoms with Crippen LogP contribution in [0.3, 0.4) is 0 Å². The molecule has 0 radical (unpaired) electrons. The Morgan fingerprint density at radius 2 is 2.57 bits per heavy atom. The Kier molecular flexibility index (Phi) is 4.16. The molecule has 7 nitrogen and oxygen atoms in total. The van der Waals surface area contributed by atoms with Crippen molar-refractivity contribution < 1.29 is 14.3 Å². The average molecular weight is 198 g/mol. The second kappa shape index (κ2) is 5.71. The van der Waals surface area contributed by atoms with Crippen molar-refractivity contribution in [3.8, 4) is 0 Å². The van der Waals surface area contributed by atoms with Crippen molar-refractivity contribution in [1.82, 2.24) is 5.32 Å². The van der Waals surface area contributed by atoms with E-state index < -0.39 is 0 Å². The molecular weight excluding hydrogens is 188 g/mol. The molecule has 0 saturated heterocycles. The minimum atomic E-state index is -0.363. The van der Waals surface area contributed by atoms with Crippen LogP contribution in [-0.2, 0) is 14.3 Å². The number of nitrogens with one attached hydrogen (secondary N) is 1. The highest BCUT2D eigenvalue weighted by molar-refractivity contribution is 5.91. The lowest BCUT2D eigenvalue weighted by molar-refractivity contribution is -0.122. The summed E-state index contributed by atoms with van der Waals surface area (Å²) < 4.78 is 9.92. The van der Waals surface area contributed by atoms with Crippen LogP contribution in [-0.4, -0.2) is 32.2 Å². The molecule has 0 aromatic heterocycles. The molecule has 1 rings (SSSR count). The Hall–Kier alpha value is -1.88. The number of azide groups is 1.